The van der Waals surface area contributed by atoms with Crippen molar-refractivity contribution in [3.8, 4) is 5.95 Å². The van der Waals surface area contributed by atoms with E-state index >= 15 is 0 Å². The minimum atomic E-state index is -0.250. The quantitative estimate of drug-likeness (QED) is 0.615. The van der Waals surface area contributed by atoms with Crippen LogP contribution in [0.15, 0.2) is 43.0 Å². The lowest BCUT2D eigenvalue weighted by molar-refractivity contribution is 0.102. The average molecular weight is 337 g/mol. The van der Waals surface area contributed by atoms with Crippen molar-refractivity contribution in [1.29, 1.82) is 0 Å². The van der Waals surface area contributed by atoms with E-state index < -0.39 is 0 Å². The van der Waals surface area contributed by atoms with Crippen LogP contribution < -0.4 is 5.32 Å². The maximum Gasteiger partial charge on any atom is 0.255 e. The van der Waals surface area contributed by atoms with Crippen LogP contribution in [0, 0.1) is 6.92 Å². The van der Waals surface area contributed by atoms with Crippen LogP contribution in [0.2, 0.25) is 0 Å². The number of hydrogen-bond donors (Lipinski definition) is 1. The van der Waals surface area contributed by atoms with Crippen molar-refractivity contribution in [2.45, 2.75) is 6.92 Å². The summed E-state index contributed by atoms with van der Waals surface area (Å²) in [7, 11) is 0. The minimum absolute atomic E-state index is 0.250. The number of amides is 1. The molecule has 3 aromatic heterocycles. The number of anilines is 1. The predicted molar refractivity (Wildman–Crippen MR) is 89.3 cm³/mol. The highest BCUT2D eigenvalue weighted by molar-refractivity contribution is 7.00. The van der Waals surface area contributed by atoms with Crippen molar-refractivity contribution in [1.82, 2.24) is 28.3 Å². The van der Waals surface area contributed by atoms with Gasteiger partial charge < -0.3 is 5.32 Å². The Morgan fingerprint density at radius 1 is 1.12 bits per heavy atom. The fraction of sp³-hybridized carbons (Fsp3) is 0.0667. The highest BCUT2D eigenvalue weighted by Gasteiger charge is 2.10. The first-order chi connectivity index (χ1) is 11.7. The van der Waals surface area contributed by atoms with E-state index in [0.717, 1.165) is 23.1 Å². The molecule has 0 unspecified atom stereocenters. The molecule has 24 heavy (non-hydrogen) atoms. The monoisotopic (exact) mass is 337 g/mol. The molecule has 0 saturated carbocycles. The number of nitrogens with zero attached hydrogens (tertiary/aromatic N) is 6. The van der Waals surface area contributed by atoms with E-state index in [9.17, 15) is 4.79 Å². The van der Waals surface area contributed by atoms with Crippen molar-refractivity contribution in [2.24, 2.45) is 0 Å². The summed E-state index contributed by atoms with van der Waals surface area (Å²) in [6.07, 6.45) is 6.57. The molecule has 1 aromatic carbocycles. The maximum atomic E-state index is 12.3. The van der Waals surface area contributed by atoms with Gasteiger partial charge in [0.1, 0.15) is 16.9 Å². The number of aromatic nitrogens is 6. The number of fused-ring (bicyclic) bond motifs is 1. The lowest BCUT2D eigenvalue weighted by Gasteiger charge is -2.06. The molecule has 0 atom stereocenters. The third kappa shape index (κ3) is 2.61. The second kappa shape index (κ2) is 5.78. The SMILES string of the molecule is Cc1nccn1-c1ncc(NC(=O)c2ccc3nsnc3c2)cn1. The van der Waals surface area contributed by atoms with Gasteiger partial charge in [0.2, 0.25) is 5.95 Å². The summed E-state index contributed by atoms with van der Waals surface area (Å²) in [6, 6.07) is 5.19. The second-order valence-electron chi connectivity index (χ2n) is 5.04. The van der Waals surface area contributed by atoms with Crippen molar-refractivity contribution < 1.29 is 4.79 Å². The zero-order chi connectivity index (χ0) is 16.5. The summed E-state index contributed by atoms with van der Waals surface area (Å²) >= 11 is 1.12. The predicted octanol–water partition coefficient (Wildman–Crippen LogP) is 2.23. The Balaban J connectivity index is 1.54. The Labute approximate surface area is 140 Å². The third-order valence-corrected chi connectivity index (χ3v) is 4.01. The molecule has 4 rings (SSSR count). The van der Waals surface area contributed by atoms with Gasteiger partial charge in [0, 0.05) is 18.0 Å². The molecule has 0 fully saturated rings. The van der Waals surface area contributed by atoms with E-state index in [-0.39, 0.29) is 5.91 Å². The first kappa shape index (κ1) is 14.4. The first-order valence-electron chi connectivity index (χ1n) is 7.07. The number of carbonyl (C=O) groups is 1. The fourth-order valence-corrected chi connectivity index (χ4v) is 2.74. The standard InChI is InChI=1S/C15H11N7OS/c1-9-16-4-5-22(9)15-17-7-11(8-18-15)19-14(23)10-2-3-12-13(6-10)21-24-20-12/h2-8H,1H3,(H,19,23). The Morgan fingerprint density at radius 2 is 1.92 bits per heavy atom. The van der Waals surface area contributed by atoms with E-state index in [1.54, 1.807) is 47.6 Å². The molecular formula is C15H11N7OS. The van der Waals surface area contributed by atoms with Crippen LogP contribution in [-0.2, 0) is 0 Å². The van der Waals surface area contributed by atoms with Gasteiger partial charge in [-0.1, -0.05) is 0 Å². The first-order valence-corrected chi connectivity index (χ1v) is 7.80. The summed E-state index contributed by atoms with van der Waals surface area (Å²) in [5.74, 6) is 1.04. The van der Waals surface area contributed by atoms with E-state index in [0.29, 0.717) is 22.7 Å². The van der Waals surface area contributed by atoms with Gasteiger partial charge in [0.15, 0.2) is 0 Å². The van der Waals surface area contributed by atoms with Crippen molar-refractivity contribution in [2.75, 3.05) is 5.32 Å². The van der Waals surface area contributed by atoms with Crippen molar-refractivity contribution in [3.63, 3.8) is 0 Å². The molecule has 3 heterocycles. The van der Waals surface area contributed by atoms with Gasteiger partial charge in [-0.3, -0.25) is 9.36 Å². The summed E-state index contributed by atoms with van der Waals surface area (Å²) in [5.41, 5.74) is 2.50. The molecular weight excluding hydrogens is 326 g/mol. The fourth-order valence-electron chi connectivity index (χ4n) is 2.23. The molecule has 9 heteroatoms. The van der Waals surface area contributed by atoms with Gasteiger partial charge in [0.05, 0.1) is 29.8 Å². The lowest BCUT2D eigenvalue weighted by atomic mass is 10.2. The number of rotatable bonds is 3. The maximum absolute atomic E-state index is 12.3. The largest absolute Gasteiger partial charge is 0.319 e. The molecule has 0 saturated heterocycles. The van der Waals surface area contributed by atoms with Crippen LogP contribution in [0.3, 0.4) is 0 Å². The molecule has 118 valence electrons. The van der Waals surface area contributed by atoms with Crippen LogP contribution in [-0.4, -0.2) is 34.2 Å². The van der Waals surface area contributed by atoms with E-state index in [4.69, 9.17) is 0 Å². The van der Waals surface area contributed by atoms with Crippen molar-refractivity contribution >= 4 is 34.4 Å². The number of carbonyl (C=O) groups excluding carboxylic acids is 1. The number of benzene rings is 1. The normalized spacial score (nSPS) is 10.9. The van der Waals surface area contributed by atoms with Crippen molar-refractivity contribution in [3.05, 3.63) is 54.4 Å². The molecule has 0 aliphatic heterocycles. The lowest BCUT2D eigenvalue weighted by Crippen LogP contribution is -2.13. The van der Waals surface area contributed by atoms with Crippen LogP contribution in [0.4, 0.5) is 5.69 Å². The van der Waals surface area contributed by atoms with Gasteiger partial charge in [-0.2, -0.15) is 8.75 Å². The van der Waals surface area contributed by atoms with E-state index in [2.05, 4.69) is 29.0 Å². The minimum Gasteiger partial charge on any atom is -0.319 e. The Hall–Kier alpha value is -3.20. The van der Waals surface area contributed by atoms with Crippen LogP contribution in [0.25, 0.3) is 17.0 Å². The van der Waals surface area contributed by atoms with Gasteiger partial charge in [-0.25, -0.2) is 15.0 Å². The van der Waals surface area contributed by atoms with Crippen LogP contribution >= 0.6 is 11.7 Å². The number of nitrogens with one attached hydrogen (secondary N) is 1. The molecule has 0 aliphatic carbocycles. The Morgan fingerprint density at radius 3 is 2.67 bits per heavy atom. The van der Waals surface area contributed by atoms with Crippen LogP contribution in [0.1, 0.15) is 16.2 Å². The molecule has 0 aliphatic rings. The smallest absolute Gasteiger partial charge is 0.255 e. The number of hydrogen-bond acceptors (Lipinski definition) is 7. The molecule has 0 bridgehead atoms. The number of aryl methyl sites for hydroxylation is 1. The highest BCUT2D eigenvalue weighted by Crippen LogP contribution is 2.15. The Bertz CT molecular complexity index is 1020. The molecule has 8 nitrogen and oxygen atoms in total. The molecule has 4 aromatic rings. The van der Waals surface area contributed by atoms with Gasteiger partial charge in [-0.05, 0) is 25.1 Å². The zero-order valence-corrected chi connectivity index (χ0v) is 13.4. The van der Waals surface area contributed by atoms with E-state index in [1.807, 2.05) is 6.92 Å². The van der Waals surface area contributed by atoms with E-state index in [1.165, 1.54) is 0 Å². The van der Waals surface area contributed by atoms with Gasteiger partial charge in [0.25, 0.3) is 5.91 Å². The molecule has 1 N–H and O–H groups in total. The summed E-state index contributed by atoms with van der Waals surface area (Å²) in [5, 5.41) is 2.77. The molecule has 0 spiro atoms. The molecule has 0 radical (unpaired) electrons. The topological polar surface area (TPSA) is 98.5 Å². The summed E-state index contributed by atoms with van der Waals surface area (Å²) in [4.78, 5) is 24.9. The van der Waals surface area contributed by atoms with Gasteiger partial charge >= 0.3 is 0 Å². The highest BCUT2D eigenvalue weighted by atomic mass is 32.1. The Kier molecular flexibility index (Phi) is 3.47. The average Bonchev–Trinajstić information content (AvgIpc) is 3.23. The molecule has 1 amide bonds. The zero-order valence-electron chi connectivity index (χ0n) is 12.5. The second-order valence-corrected chi connectivity index (χ2v) is 5.57. The van der Waals surface area contributed by atoms with Crippen LogP contribution in [0.5, 0.6) is 0 Å². The number of imidazole rings is 1. The third-order valence-electron chi connectivity index (χ3n) is 3.45. The summed E-state index contributed by atoms with van der Waals surface area (Å²) < 4.78 is 10.0. The van der Waals surface area contributed by atoms with Gasteiger partial charge in [-0.15, -0.1) is 0 Å². The summed E-state index contributed by atoms with van der Waals surface area (Å²) in [6.45, 7) is 1.86.